The van der Waals surface area contributed by atoms with Crippen LogP contribution in [-0.4, -0.2) is 68.3 Å². The molecule has 1 atom stereocenters. The standard InChI is InChI=1S/C19H24N2O7/c1-5-28-19(25)13-6-8-14(9-7-13)21-16(23)10-15(18(21)24)20(12(2)22)11-17(26-3)27-4/h6-9,15,17H,5,10-11H2,1-4H3. The Morgan fingerprint density at radius 3 is 2.29 bits per heavy atom. The van der Waals surface area contributed by atoms with Crippen molar-refractivity contribution in [3.05, 3.63) is 29.8 Å². The molecule has 0 radical (unpaired) electrons. The minimum absolute atomic E-state index is 0.0155. The number of ether oxygens (including phenoxy) is 3. The van der Waals surface area contributed by atoms with Gasteiger partial charge in [-0.15, -0.1) is 0 Å². The van der Waals surface area contributed by atoms with Gasteiger partial charge in [0.2, 0.25) is 11.8 Å². The Hall–Kier alpha value is -2.78. The van der Waals surface area contributed by atoms with Crippen LogP contribution >= 0.6 is 0 Å². The minimum Gasteiger partial charge on any atom is -0.462 e. The van der Waals surface area contributed by atoms with Crippen molar-refractivity contribution in [2.45, 2.75) is 32.6 Å². The molecule has 0 bridgehead atoms. The van der Waals surface area contributed by atoms with Gasteiger partial charge in [-0.2, -0.15) is 0 Å². The van der Waals surface area contributed by atoms with Crippen molar-refractivity contribution in [1.29, 1.82) is 0 Å². The van der Waals surface area contributed by atoms with Crippen LogP contribution in [0.5, 0.6) is 0 Å². The molecule has 1 aliphatic heterocycles. The average Bonchev–Trinajstić information content (AvgIpc) is 2.96. The van der Waals surface area contributed by atoms with E-state index in [0.717, 1.165) is 4.90 Å². The number of hydrogen-bond donors (Lipinski definition) is 0. The largest absolute Gasteiger partial charge is 0.462 e. The molecule has 3 amide bonds. The fourth-order valence-electron chi connectivity index (χ4n) is 2.97. The second-order valence-corrected chi connectivity index (χ2v) is 6.13. The molecule has 28 heavy (non-hydrogen) atoms. The van der Waals surface area contributed by atoms with E-state index in [1.165, 1.54) is 50.3 Å². The van der Waals surface area contributed by atoms with Crippen molar-refractivity contribution in [3.8, 4) is 0 Å². The molecule has 9 nitrogen and oxygen atoms in total. The van der Waals surface area contributed by atoms with Gasteiger partial charge in [-0.05, 0) is 31.2 Å². The van der Waals surface area contributed by atoms with Gasteiger partial charge in [0.1, 0.15) is 6.04 Å². The Kier molecular flexibility index (Phi) is 7.24. The molecule has 0 saturated carbocycles. The molecule has 1 aromatic carbocycles. The Bertz CT molecular complexity index is 743. The first-order valence-corrected chi connectivity index (χ1v) is 8.80. The maximum Gasteiger partial charge on any atom is 0.338 e. The second kappa shape index (κ2) is 9.43. The molecule has 1 unspecified atom stereocenters. The van der Waals surface area contributed by atoms with Gasteiger partial charge < -0.3 is 19.1 Å². The van der Waals surface area contributed by atoms with E-state index in [-0.39, 0.29) is 25.5 Å². The van der Waals surface area contributed by atoms with Crippen molar-refractivity contribution in [2.24, 2.45) is 0 Å². The molecule has 0 N–H and O–H groups in total. The summed E-state index contributed by atoms with van der Waals surface area (Å²) in [5.74, 6) is -1.81. The Balaban J connectivity index is 2.22. The lowest BCUT2D eigenvalue weighted by Crippen LogP contribution is -2.48. The van der Waals surface area contributed by atoms with Gasteiger partial charge in [0, 0.05) is 21.1 Å². The first kappa shape index (κ1) is 21.5. The van der Waals surface area contributed by atoms with Crippen LogP contribution in [-0.2, 0) is 28.6 Å². The Morgan fingerprint density at radius 1 is 1.18 bits per heavy atom. The number of hydrogen-bond acceptors (Lipinski definition) is 7. The highest BCUT2D eigenvalue weighted by Gasteiger charge is 2.44. The fraction of sp³-hybridized carbons (Fsp3) is 0.474. The third kappa shape index (κ3) is 4.55. The lowest BCUT2D eigenvalue weighted by Gasteiger charge is -2.29. The van der Waals surface area contributed by atoms with E-state index >= 15 is 0 Å². The van der Waals surface area contributed by atoms with Crippen molar-refractivity contribution in [2.75, 3.05) is 32.3 Å². The summed E-state index contributed by atoms with van der Waals surface area (Å²) in [5, 5.41) is 0. The molecule has 0 aliphatic carbocycles. The summed E-state index contributed by atoms with van der Waals surface area (Å²) in [7, 11) is 2.84. The lowest BCUT2D eigenvalue weighted by atomic mass is 10.2. The second-order valence-electron chi connectivity index (χ2n) is 6.13. The fourth-order valence-corrected chi connectivity index (χ4v) is 2.97. The van der Waals surface area contributed by atoms with Gasteiger partial charge in [-0.25, -0.2) is 9.69 Å². The van der Waals surface area contributed by atoms with Crippen LogP contribution in [0.2, 0.25) is 0 Å². The zero-order valence-electron chi connectivity index (χ0n) is 16.3. The number of carbonyl (C=O) groups is 4. The highest BCUT2D eigenvalue weighted by atomic mass is 16.7. The molecule has 1 fully saturated rings. The quantitative estimate of drug-likeness (QED) is 0.369. The zero-order valence-corrected chi connectivity index (χ0v) is 16.3. The van der Waals surface area contributed by atoms with E-state index in [4.69, 9.17) is 14.2 Å². The lowest BCUT2D eigenvalue weighted by molar-refractivity contribution is -0.150. The van der Waals surface area contributed by atoms with Gasteiger partial charge in [-0.1, -0.05) is 0 Å². The topological polar surface area (TPSA) is 102 Å². The van der Waals surface area contributed by atoms with E-state index in [0.29, 0.717) is 11.3 Å². The van der Waals surface area contributed by atoms with E-state index < -0.39 is 30.1 Å². The molecule has 1 aliphatic rings. The first-order valence-electron chi connectivity index (χ1n) is 8.80. The van der Waals surface area contributed by atoms with E-state index in [1.54, 1.807) is 6.92 Å². The SMILES string of the molecule is CCOC(=O)c1ccc(N2C(=O)CC(N(CC(OC)OC)C(C)=O)C2=O)cc1. The van der Waals surface area contributed by atoms with Gasteiger partial charge in [0.25, 0.3) is 5.91 Å². The van der Waals surface area contributed by atoms with E-state index in [1.807, 2.05) is 0 Å². The third-order valence-electron chi connectivity index (χ3n) is 4.41. The average molecular weight is 392 g/mol. The number of imide groups is 1. The van der Waals surface area contributed by atoms with Crippen molar-refractivity contribution in [1.82, 2.24) is 4.90 Å². The molecule has 1 saturated heterocycles. The maximum absolute atomic E-state index is 12.9. The number of amides is 3. The number of nitrogens with zero attached hydrogens (tertiary/aromatic N) is 2. The van der Waals surface area contributed by atoms with Gasteiger partial charge >= 0.3 is 5.97 Å². The number of anilines is 1. The monoisotopic (exact) mass is 392 g/mol. The molecule has 1 aromatic rings. The molecule has 1 heterocycles. The summed E-state index contributed by atoms with van der Waals surface area (Å²) >= 11 is 0. The summed E-state index contributed by atoms with van der Waals surface area (Å²) in [6.07, 6.45) is -0.859. The Labute approximate surface area is 163 Å². The summed E-state index contributed by atoms with van der Waals surface area (Å²) in [6.45, 7) is 3.28. The number of rotatable bonds is 8. The molecule has 9 heteroatoms. The van der Waals surface area contributed by atoms with Crippen LogP contribution in [0.3, 0.4) is 0 Å². The smallest absolute Gasteiger partial charge is 0.338 e. The highest BCUT2D eigenvalue weighted by Crippen LogP contribution is 2.26. The third-order valence-corrected chi connectivity index (χ3v) is 4.41. The summed E-state index contributed by atoms with van der Waals surface area (Å²) in [5.41, 5.74) is 0.638. The molecule has 0 aromatic heterocycles. The number of methoxy groups -OCH3 is 2. The Morgan fingerprint density at radius 2 is 1.79 bits per heavy atom. The summed E-state index contributed by atoms with van der Waals surface area (Å²) in [6, 6.07) is 5.01. The van der Waals surface area contributed by atoms with Crippen LogP contribution in [0.4, 0.5) is 5.69 Å². The van der Waals surface area contributed by atoms with Crippen LogP contribution in [0, 0.1) is 0 Å². The van der Waals surface area contributed by atoms with E-state index in [9.17, 15) is 19.2 Å². The maximum atomic E-state index is 12.9. The van der Waals surface area contributed by atoms with Crippen molar-refractivity contribution < 1.29 is 33.4 Å². The molecule has 152 valence electrons. The summed E-state index contributed by atoms with van der Waals surface area (Å²) in [4.78, 5) is 51.4. The highest BCUT2D eigenvalue weighted by molar-refractivity contribution is 6.23. The van der Waals surface area contributed by atoms with Crippen LogP contribution in [0.25, 0.3) is 0 Å². The van der Waals surface area contributed by atoms with Gasteiger partial charge in [0.05, 0.1) is 30.8 Å². The van der Waals surface area contributed by atoms with Crippen molar-refractivity contribution >= 4 is 29.4 Å². The predicted octanol–water partition coefficient (Wildman–Crippen LogP) is 0.963. The van der Waals surface area contributed by atoms with Gasteiger partial charge in [0.15, 0.2) is 6.29 Å². The zero-order chi connectivity index (χ0) is 20.8. The van der Waals surface area contributed by atoms with E-state index in [2.05, 4.69) is 0 Å². The minimum atomic E-state index is -0.942. The van der Waals surface area contributed by atoms with Crippen LogP contribution in [0.15, 0.2) is 24.3 Å². The predicted molar refractivity (Wildman–Crippen MR) is 98.5 cm³/mol. The first-order chi connectivity index (χ1) is 13.3. The summed E-state index contributed by atoms with van der Waals surface area (Å²) < 4.78 is 15.1. The number of carbonyl (C=O) groups excluding carboxylic acids is 4. The molecule has 2 rings (SSSR count). The number of benzene rings is 1. The van der Waals surface area contributed by atoms with Crippen molar-refractivity contribution in [3.63, 3.8) is 0 Å². The van der Waals surface area contributed by atoms with Crippen LogP contribution in [0.1, 0.15) is 30.6 Å². The van der Waals surface area contributed by atoms with Crippen LogP contribution < -0.4 is 4.90 Å². The molecular formula is C19H24N2O7. The van der Waals surface area contributed by atoms with Gasteiger partial charge in [-0.3, -0.25) is 14.4 Å². The molecular weight excluding hydrogens is 368 g/mol. The molecule has 0 spiro atoms. The number of esters is 1. The normalized spacial score (nSPS) is 16.6.